The summed E-state index contributed by atoms with van der Waals surface area (Å²) in [6.07, 6.45) is 4.39. The zero-order valence-electron chi connectivity index (χ0n) is 28.0. The third-order valence-electron chi connectivity index (χ3n) is 8.33. The molecule has 0 saturated heterocycles. The molecule has 0 spiro atoms. The van der Waals surface area contributed by atoms with Crippen molar-refractivity contribution < 1.29 is 0 Å². The highest BCUT2D eigenvalue weighted by Gasteiger charge is 2.15. The lowest BCUT2D eigenvalue weighted by Gasteiger charge is -2.20. The first-order valence-corrected chi connectivity index (χ1v) is 18.2. The summed E-state index contributed by atoms with van der Waals surface area (Å²) in [4.78, 5) is 0. The van der Waals surface area contributed by atoms with Crippen molar-refractivity contribution in [1.82, 2.24) is 31.9 Å². The van der Waals surface area contributed by atoms with Crippen LogP contribution in [0.5, 0.6) is 0 Å². The van der Waals surface area contributed by atoms with Crippen LogP contribution in [0.25, 0.3) is 0 Å². The summed E-state index contributed by atoms with van der Waals surface area (Å²) in [5.41, 5.74) is 5.15. The van der Waals surface area contributed by atoms with Crippen molar-refractivity contribution in [1.29, 1.82) is 0 Å². The van der Waals surface area contributed by atoms with Gasteiger partial charge in [-0.3, -0.25) is 0 Å². The zero-order valence-corrected chi connectivity index (χ0v) is 29.6. The summed E-state index contributed by atoms with van der Waals surface area (Å²) in [5, 5.41) is 22.1. The van der Waals surface area contributed by atoms with Gasteiger partial charge >= 0.3 is 0 Å². The fraction of sp³-hybridized carbons (Fsp3) is 0.350. The molecule has 0 aliphatic carbocycles. The number of thiocarbonyl (C=S) groups is 2. The van der Waals surface area contributed by atoms with Gasteiger partial charge in [0.05, 0.1) is 0 Å². The number of unbranched alkanes of at least 4 members (excludes halogenated alkanes) is 1. The molecule has 0 saturated carbocycles. The predicted molar refractivity (Wildman–Crippen MR) is 211 cm³/mol. The van der Waals surface area contributed by atoms with Crippen LogP contribution in [-0.4, -0.2) is 62.6 Å². The Balaban J connectivity index is 0.954. The van der Waals surface area contributed by atoms with E-state index in [1.165, 1.54) is 22.3 Å². The van der Waals surface area contributed by atoms with Gasteiger partial charge in [-0.2, -0.15) is 0 Å². The van der Waals surface area contributed by atoms with Gasteiger partial charge in [0, 0.05) is 38.0 Å². The van der Waals surface area contributed by atoms with E-state index < -0.39 is 0 Å². The van der Waals surface area contributed by atoms with Crippen LogP contribution in [0.2, 0.25) is 0 Å². The molecule has 0 unspecified atom stereocenters. The summed E-state index contributed by atoms with van der Waals surface area (Å²) < 4.78 is 0. The number of benzene rings is 4. The molecule has 0 heterocycles. The minimum Gasteiger partial charge on any atom is -0.363 e. The van der Waals surface area contributed by atoms with Crippen LogP contribution in [0, 0.1) is 0 Å². The van der Waals surface area contributed by atoms with Gasteiger partial charge in [-0.25, -0.2) is 0 Å². The van der Waals surface area contributed by atoms with E-state index in [1.54, 1.807) is 0 Å². The Hall–Kier alpha value is -3.82. The van der Waals surface area contributed by atoms with Crippen LogP contribution >= 0.6 is 24.4 Å². The summed E-state index contributed by atoms with van der Waals surface area (Å²) in [6.45, 7) is 7.28. The van der Waals surface area contributed by atoms with E-state index in [0.29, 0.717) is 10.2 Å². The Labute approximate surface area is 298 Å². The lowest BCUT2D eigenvalue weighted by Crippen LogP contribution is -2.39. The second-order valence-corrected chi connectivity index (χ2v) is 12.8. The zero-order chi connectivity index (χ0) is 33.5. The van der Waals surface area contributed by atoms with Gasteiger partial charge in [0.1, 0.15) is 0 Å². The largest absolute Gasteiger partial charge is 0.363 e. The van der Waals surface area contributed by atoms with E-state index in [-0.39, 0.29) is 11.8 Å². The van der Waals surface area contributed by atoms with E-state index in [0.717, 1.165) is 78.0 Å². The predicted octanol–water partition coefficient (Wildman–Crippen LogP) is 6.32. The topological polar surface area (TPSA) is 72.2 Å². The number of hydrogen-bond acceptors (Lipinski definition) is 4. The third-order valence-corrected chi connectivity index (χ3v) is 8.91. The average molecular weight is 681 g/mol. The molecule has 4 rings (SSSR count). The van der Waals surface area contributed by atoms with E-state index in [1.807, 2.05) is 0 Å². The Morgan fingerprint density at radius 1 is 0.375 bits per heavy atom. The maximum absolute atomic E-state index is 5.56. The lowest BCUT2D eigenvalue weighted by molar-refractivity contribution is 0.563. The van der Waals surface area contributed by atoms with Crippen molar-refractivity contribution in [3.05, 3.63) is 144 Å². The summed E-state index contributed by atoms with van der Waals surface area (Å²) in [7, 11) is 0. The highest BCUT2D eigenvalue weighted by atomic mass is 32.1. The normalized spacial score (nSPS) is 11.0. The van der Waals surface area contributed by atoms with Crippen molar-refractivity contribution in [3.63, 3.8) is 0 Å². The molecule has 0 bridgehead atoms. The van der Waals surface area contributed by atoms with Crippen LogP contribution in [0.4, 0.5) is 0 Å². The highest BCUT2D eigenvalue weighted by molar-refractivity contribution is 7.80. The Morgan fingerprint density at radius 2 is 0.667 bits per heavy atom. The Bertz CT molecular complexity index is 1230. The lowest BCUT2D eigenvalue weighted by atomic mass is 9.91. The van der Waals surface area contributed by atoms with Gasteiger partial charge in [0.2, 0.25) is 0 Å². The van der Waals surface area contributed by atoms with Gasteiger partial charge in [-0.15, -0.1) is 0 Å². The minimum absolute atomic E-state index is 0.254. The van der Waals surface area contributed by atoms with Crippen molar-refractivity contribution in [2.45, 2.75) is 37.5 Å². The first kappa shape index (κ1) is 37.0. The molecule has 0 aliphatic rings. The fourth-order valence-corrected chi connectivity index (χ4v) is 6.06. The molecule has 6 nitrogen and oxygen atoms in total. The van der Waals surface area contributed by atoms with Gasteiger partial charge in [0.25, 0.3) is 0 Å². The van der Waals surface area contributed by atoms with Crippen LogP contribution in [0.1, 0.15) is 59.8 Å². The molecule has 8 heteroatoms. The highest BCUT2D eigenvalue weighted by Crippen LogP contribution is 2.24. The molecule has 0 aliphatic heterocycles. The molecular weight excluding hydrogens is 629 g/mol. The van der Waals surface area contributed by atoms with Crippen molar-refractivity contribution >= 4 is 34.7 Å². The quantitative estimate of drug-likeness (QED) is 0.0452. The summed E-state index contributed by atoms with van der Waals surface area (Å²) in [6, 6.07) is 42.4. The van der Waals surface area contributed by atoms with Gasteiger partial charge in [-0.1, -0.05) is 121 Å². The van der Waals surface area contributed by atoms with Crippen LogP contribution in [0.15, 0.2) is 121 Å². The molecule has 0 aromatic heterocycles. The van der Waals surface area contributed by atoms with E-state index >= 15 is 0 Å². The third kappa shape index (κ3) is 14.1. The van der Waals surface area contributed by atoms with E-state index in [4.69, 9.17) is 24.4 Å². The summed E-state index contributed by atoms with van der Waals surface area (Å²) >= 11 is 11.1. The first-order valence-electron chi connectivity index (χ1n) is 17.4. The van der Waals surface area contributed by atoms with E-state index in [9.17, 15) is 0 Å². The molecule has 48 heavy (non-hydrogen) atoms. The first-order chi connectivity index (χ1) is 23.7. The monoisotopic (exact) mass is 680 g/mol. The minimum atomic E-state index is 0.254. The molecule has 0 amide bonds. The van der Waals surface area contributed by atoms with Gasteiger partial charge < -0.3 is 31.9 Å². The maximum Gasteiger partial charge on any atom is 0.166 e. The summed E-state index contributed by atoms with van der Waals surface area (Å²) in [5.74, 6) is 0.509. The van der Waals surface area contributed by atoms with Crippen molar-refractivity contribution in [3.8, 4) is 0 Å². The Morgan fingerprint density at radius 3 is 0.979 bits per heavy atom. The molecule has 0 radical (unpaired) electrons. The van der Waals surface area contributed by atoms with Crippen molar-refractivity contribution in [2.75, 3.05) is 52.4 Å². The van der Waals surface area contributed by atoms with Crippen LogP contribution in [-0.2, 0) is 0 Å². The fourth-order valence-electron chi connectivity index (χ4n) is 5.69. The van der Waals surface area contributed by atoms with E-state index in [2.05, 4.69) is 153 Å². The molecule has 4 aromatic carbocycles. The number of rotatable bonds is 21. The second kappa shape index (κ2) is 22.7. The van der Waals surface area contributed by atoms with Gasteiger partial charge in [0.15, 0.2) is 10.2 Å². The maximum atomic E-state index is 5.56. The molecule has 254 valence electrons. The van der Waals surface area contributed by atoms with Crippen LogP contribution < -0.4 is 31.9 Å². The molecule has 4 aromatic rings. The SMILES string of the molecule is S=C(NCCCNCCCCNCCCNC(=S)NCC(c1ccccc1)c1ccccc1)NCC(c1ccccc1)c1ccccc1. The second-order valence-electron chi connectivity index (χ2n) is 11.9. The van der Waals surface area contributed by atoms with Crippen LogP contribution in [0.3, 0.4) is 0 Å². The Kier molecular flexibility index (Phi) is 17.5. The molecular formula is C40H52N6S2. The van der Waals surface area contributed by atoms with Crippen molar-refractivity contribution in [2.24, 2.45) is 0 Å². The smallest absolute Gasteiger partial charge is 0.166 e. The molecule has 0 fully saturated rings. The molecule has 0 atom stereocenters. The number of hydrogen-bond donors (Lipinski definition) is 6. The number of nitrogens with one attached hydrogen (secondary N) is 6. The average Bonchev–Trinajstić information content (AvgIpc) is 3.13. The standard InChI is InChI=1S/C40H52N6S2/c47-39(45-31-37(33-17-5-1-6-18-33)34-19-7-2-8-20-34)43-29-15-27-41-25-13-14-26-42-28-16-30-44-40(48)46-32-38(35-21-9-3-10-22-35)36-23-11-4-12-24-36/h1-12,17-24,37-38,41-42H,13-16,25-32H2,(H2,43,45,47)(H2,44,46,48). The molecule has 6 N–H and O–H groups in total. The van der Waals surface area contributed by atoms with Gasteiger partial charge in [-0.05, 0) is 98.6 Å².